The Morgan fingerprint density at radius 1 is 1.50 bits per heavy atom. The molecule has 0 bridgehead atoms. The molecule has 1 atom stereocenters. The lowest BCUT2D eigenvalue weighted by molar-refractivity contribution is 0.0889. The topological polar surface area (TPSA) is 49.3 Å². The van der Waals surface area contributed by atoms with Crippen LogP contribution in [0.5, 0.6) is 0 Å². The van der Waals surface area contributed by atoms with E-state index in [1.54, 1.807) is 6.07 Å². The molecule has 1 rings (SSSR count). The largest absolute Gasteiger partial charge is 0.396 e. The molecule has 18 heavy (non-hydrogen) atoms. The molecular weight excluding hydrogens is 382 g/mol. The molecule has 0 fully saturated rings. The minimum atomic E-state index is -0.0974. The van der Waals surface area contributed by atoms with E-state index in [0.29, 0.717) is 11.3 Å². The Morgan fingerprint density at radius 2 is 2.11 bits per heavy atom. The maximum Gasteiger partial charge on any atom is 0.261 e. The van der Waals surface area contributed by atoms with Crippen LogP contribution in [0.1, 0.15) is 36.9 Å². The van der Waals surface area contributed by atoms with Crippen LogP contribution in [0.4, 0.5) is 0 Å². The van der Waals surface area contributed by atoms with Crippen LogP contribution in [0.2, 0.25) is 0 Å². The number of rotatable bonds is 4. The quantitative estimate of drug-likeness (QED) is 0.810. The molecule has 1 unspecified atom stereocenters. The predicted octanol–water partition coefficient (Wildman–Crippen LogP) is 3.80. The molecule has 6 heteroatoms. The van der Waals surface area contributed by atoms with Gasteiger partial charge in [0.25, 0.3) is 5.91 Å². The highest BCUT2D eigenvalue weighted by Crippen LogP contribution is 2.32. The van der Waals surface area contributed by atoms with Gasteiger partial charge in [-0.15, -0.1) is 11.3 Å². The van der Waals surface area contributed by atoms with E-state index in [0.717, 1.165) is 8.26 Å². The minimum absolute atomic E-state index is 0.0466. The summed E-state index contributed by atoms with van der Waals surface area (Å²) in [6, 6.07) is 1.75. The molecule has 1 amide bonds. The Balaban J connectivity index is 2.78. The molecule has 1 heterocycles. The third-order valence-electron chi connectivity index (χ3n) is 2.64. The fourth-order valence-electron chi connectivity index (χ4n) is 1.54. The van der Waals surface area contributed by atoms with E-state index in [9.17, 15) is 4.79 Å². The van der Waals surface area contributed by atoms with E-state index in [2.05, 4.69) is 37.2 Å². The van der Waals surface area contributed by atoms with Gasteiger partial charge in [-0.25, -0.2) is 0 Å². The van der Waals surface area contributed by atoms with Crippen LogP contribution < -0.4 is 5.32 Å². The molecule has 102 valence electrons. The van der Waals surface area contributed by atoms with Crippen LogP contribution in [0, 0.1) is 5.41 Å². The first-order valence-electron chi connectivity index (χ1n) is 5.62. The van der Waals surface area contributed by atoms with Crippen LogP contribution in [0.15, 0.2) is 14.3 Å². The van der Waals surface area contributed by atoms with Gasteiger partial charge in [0.15, 0.2) is 0 Å². The summed E-state index contributed by atoms with van der Waals surface area (Å²) in [7, 11) is 0. The molecule has 1 aromatic heterocycles. The van der Waals surface area contributed by atoms with Crippen molar-refractivity contribution >= 4 is 49.1 Å². The minimum Gasteiger partial charge on any atom is -0.396 e. The normalized spacial score (nSPS) is 13.4. The summed E-state index contributed by atoms with van der Waals surface area (Å²) in [6.07, 6.45) is 0.558. The summed E-state index contributed by atoms with van der Waals surface area (Å²) in [4.78, 5) is 12.8. The van der Waals surface area contributed by atoms with Crippen molar-refractivity contribution in [3.8, 4) is 0 Å². The molecule has 0 radical (unpaired) electrons. The van der Waals surface area contributed by atoms with Crippen LogP contribution >= 0.6 is 43.2 Å². The average Bonchev–Trinajstić information content (AvgIpc) is 2.57. The van der Waals surface area contributed by atoms with Gasteiger partial charge in [0.1, 0.15) is 0 Å². The van der Waals surface area contributed by atoms with Crippen LogP contribution in [-0.4, -0.2) is 23.7 Å². The third-order valence-corrected chi connectivity index (χ3v) is 5.89. The van der Waals surface area contributed by atoms with Crippen LogP contribution in [-0.2, 0) is 0 Å². The third kappa shape index (κ3) is 4.33. The van der Waals surface area contributed by atoms with Crippen LogP contribution in [0.3, 0.4) is 0 Å². The number of thiophene rings is 1. The Morgan fingerprint density at radius 3 is 2.50 bits per heavy atom. The summed E-state index contributed by atoms with van der Waals surface area (Å²) in [5.41, 5.74) is -0.0793. The molecule has 0 aliphatic heterocycles. The zero-order chi connectivity index (χ0) is 13.9. The zero-order valence-corrected chi connectivity index (χ0v) is 14.6. The lowest BCUT2D eigenvalue weighted by Gasteiger charge is -2.30. The number of amides is 1. The van der Waals surface area contributed by atoms with Crippen molar-refractivity contribution in [3.05, 3.63) is 19.2 Å². The van der Waals surface area contributed by atoms with Gasteiger partial charge in [0, 0.05) is 17.1 Å². The van der Waals surface area contributed by atoms with Crippen molar-refractivity contribution in [2.45, 2.75) is 33.2 Å². The SMILES string of the molecule is CC(C)(C)C(CCO)NC(=O)c1cc(Br)c(Br)s1. The van der Waals surface area contributed by atoms with Gasteiger partial charge in [-0.3, -0.25) is 4.79 Å². The van der Waals surface area contributed by atoms with E-state index in [1.165, 1.54) is 11.3 Å². The van der Waals surface area contributed by atoms with Gasteiger partial charge in [-0.1, -0.05) is 20.8 Å². The second kappa shape index (κ2) is 6.50. The van der Waals surface area contributed by atoms with Crippen LogP contribution in [0.25, 0.3) is 0 Å². The monoisotopic (exact) mass is 397 g/mol. The Bertz CT molecular complexity index is 407. The number of aliphatic hydroxyl groups is 1. The number of aliphatic hydroxyl groups excluding tert-OH is 1. The second-order valence-corrected chi connectivity index (χ2v) is 8.36. The smallest absolute Gasteiger partial charge is 0.261 e. The van der Waals surface area contributed by atoms with Gasteiger partial charge >= 0.3 is 0 Å². The second-order valence-electron chi connectivity index (χ2n) is 5.14. The molecule has 0 aliphatic carbocycles. The van der Waals surface area contributed by atoms with Crippen molar-refractivity contribution in [2.24, 2.45) is 5.41 Å². The molecule has 0 spiro atoms. The first-order valence-corrected chi connectivity index (χ1v) is 8.02. The molecule has 0 aliphatic rings. The van der Waals surface area contributed by atoms with E-state index in [-0.39, 0.29) is 24.0 Å². The lowest BCUT2D eigenvalue weighted by atomic mass is 9.85. The van der Waals surface area contributed by atoms with Crippen molar-refractivity contribution < 1.29 is 9.90 Å². The summed E-state index contributed by atoms with van der Waals surface area (Å²) in [5.74, 6) is -0.0974. The summed E-state index contributed by atoms with van der Waals surface area (Å²) >= 11 is 8.13. The summed E-state index contributed by atoms with van der Waals surface area (Å²) in [6.45, 7) is 6.22. The van der Waals surface area contributed by atoms with Gasteiger partial charge in [-0.2, -0.15) is 0 Å². The zero-order valence-electron chi connectivity index (χ0n) is 10.6. The Kier molecular flexibility index (Phi) is 5.83. The molecule has 3 nitrogen and oxygen atoms in total. The number of nitrogens with one attached hydrogen (secondary N) is 1. The van der Waals surface area contributed by atoms with E-state index in [1.807, 2.05) is 20.8 Å². The Labute approximate surface area is 128 Å². The first-order chi connectivity index (χ1) is 8.25. The maximum absolute atomic E-state index is 12.1. The molecule has 0 saturated heterocycles. The van der Waals surface area contributed by atoms with Gasteiger partial charge < -0.3 is 10.4 Å². The maximum atomic E-state index is 12.1. The van der Waals surface area contributed by atoms with Gasteiger partial charge in [-0.05, 0) is 49.8 Å². The highest BCUT2D eigenvalue weighted by Gasteiger charge is 2.26. The van der Waals surface area contributed by atoms with E-state index >= 15 is 0 Å². The number of halogens is 2. The van der Waals surface area contributed by atoms with E-state index in [4.69, 9.17) is 5.11 Å². The van der Waals surface area contributed by atoms with Crippen molar-refractivity contribution in [1.82, 2.24) is 5.32 Å². The summed E-state index contributed by atoms with van der Waals surface area (Å²) in [5, 5.41) is 12.1. The highest BCUT2D eigenvalue weighted by molar-refractivity contribution is 9.13. The number of carbonyl (C=O) groups is 1. The lowest BCUT2D eigenvalue weighted by Crippen LogP contribution is -2.44. The standard InChI is InChI=1S/C12H17Br2NO2S/c1-12(2,3)9(4-5-16)15-11(17)8-6-7(13)10(14)18-8/h6,9,16H,4-5H2,1-3H3,(H,15,17). The number of hydrogen-bond donors (Lipinski definition) is 2. The number of hydrogen-bond acceptors (Lipinski definition) is 3. The van der Waals surface area contributed by atoms with Crippen molar-refractivity contribution in [2.75, 3.05) is 6.61 Å². The first kappa shape index (κ1) is 16.1. The van der Waals surface area contributed by atoms with Gasteiger partial charge in [0.2, 0.25) is 0 Å². The number of carbonyl (C=O) groups excluding carboxylic acids is 1. The predicted molar refractivity (Wildman–Crippen MR) is 82.1 cm³/mol. The van der Waals surface area contributed by atoms with Crippen molar-refractivity contribution in [1.29, 1.82) is 0 Å². The molecule has 0 saturated carbocycles. The van der Waals surface area contributed by atoms with Crippen molar-refractivity contribution in [3.63, 3.8) is 0 Å². The highest BCUT2D eigenvalue weighted by atomic mass is 79.9. The molecule has 2 N–H and O–H groups in total. The van der Waals surface area contributed by atoms with Gasteiger partial charge in [0.05, 0.1) is 8.66 Å². The molecule has 0 aromatic carbocycles. The fourth-order valence-corrected chi connectivity index (χ4v) is 3.48. The summed E-state index contributed by atoms with van der Waals surface area (Å²) < 4.78 is 1.79. The Hall–Kier alpha value is 0.0900. The molecular formula is C12H17Br2NO2S. The van der Waals surface area contributed by atoms with E-state index < -0.39 is 0 Å². The fraction of sp³-hybridized carbons (Fsp3) is 0.583. The molecule has 1 aromatic rings. The average molecular weight is 399 g/mol.